The molecule has 0 aromatic carbocycles. The van der Waals surface area contributed by atoms with Crippen molar-refractivity contribution in [3.63, 3.8) is 0 Å². The Morgan fingerprint density at radius 2 is 1.94 bits per heavy atom. The standard InChI is InChI=1S/C25H37N9OS/c1-14-7-9-17(10-8-14)11-34-20-22(28-15(2)18-5-4-6-18)30-24(21(26)33-35)31-23(20)32-25(34)29-16(3)19-12-36-13-27-19/h12-18,35H,4-11H2,1-3H3,(H2,26,33)(H2,28,29,30,31,32)/t14-,15-,16?,17-/m1/s1. The molecule has 5 rings (SSSR count). The van der Waals surface area contributed by atoms with Crippen molar-refractivity contribution >= 4 is 40.1 Å². The summed E-state index contributed by atoms with van der Waals surface area (Å²) in [5.74, 6) is 3.44. The number of amidine groups is 1. The van der Waals surface area contributed by atoms with Gasteiger partial charge in [0.15, 0.2) is 11.5 Å². The molecule has 0 radical (unpaired) electrons. The minimum atomic E-state index is -0.127. The fraction of sp³-hybridized carbons (Fsp3) is 0.640. The summed E-state index contributed by atoms with van der Waals surface area (Å²) < 4.78 is 2.24. The van der Waals surface area contributed by atoms with Gasteiger partial charge in [-0.25, -0.2) is 15.0 Å². The van der Waals surface area contributed by atoms with Gasteiger partial charge in [-0.3, -0.25) is 0 Å². The molecule has 2 atom stereocenters. The molecule has 194 valence electrons. The largest absolute Gasteiger partial charge is 0.409 e. The third-order valence-corrected chi connectivity index (χ3v) is 8.58. The Morgan fingerprint density at radius 3 is 2.58 bits per heavy atom. The lowest BCUT2D eigenvalue weighted by Crippen LogP contribution is -2.32. The average molecular weight is 512 g/mol. The Bertz CT molecular complexity index is 1200. The van der Waals surface area contributed by atoms with E-state index >= 15 is 0 Å². The molecule has 3 aromatic rings. The normalized spacial score (nSPS) is 22.8. The van der Waals surface area contributed by atoms with E-state index in [0.717, 1.165) is 29.6 Å². The van der Waals surface area contributed by atoms with Crippen molar-refractivity contribution in [2.75, 3.05) is 10.6 Å². The van der Waals surface area contributed by atoms with Crippen LogP contribution in [0.2, 0.25) is 0 Å². The van der Waals surface area contributed by atoms with Crippen LogP contribution in [-0.4, -0.2) is 41.6 Å². The molecule has 2 aliphatic rings. The number of nitrogens with zero attached hydrogens (tertiary/aromatic N) is 6. The minimum Gasteiger partial charge on any atom is -0.409 e. The molecule has 36 heavy (non-hydrogen) atoms. The number of hydrogen-bond donors (Lipinski definition) is 4. The van der Waals surface area contributed by atoms with Gasteiger partial charge in [0.1, 0.15) is 5.52 Å². The lowest BCUT2D eigenvalue weighted by Gasteiger charge is -2.32. The van der Waals surface area contributed by atoms with Crippen LogP contribution in [0, 0.1) is 17.8 Å². The van der Waals surface area contributed by atoms with Crippen molar-refractivity contribution in [2.45, 2.75) is 84.3 Å². The van der Waals surface area contributed by atoms with Gasteiger partial charge in [0.2, 0.25) is 17.6 Å². The molecule has 3 aromatic heterocycles. The van der Waals surface area contributed by atoms with Crippen molar-refractivity contribution in [1.29, 1.82) is 0 Å². The minimum absolute atomic E-state index is 0.0139. The number of hydrogen-bond acceptors (Lipinski definition) is 9. The number of imidazole rings is 1. The first-order valence-electron chi connectivity index (χ1n) is 13.1. The van der Waals surface area contributed by atoms with Crippen LogP contribution in [0.3, 0.4) is 0 Å². The average Bonchev–Trinajstić information content (AvgIpc) is 3.47. The molecule has 2 aliphatic carbocycles. The maximum absolute atomic E-state index is 9.31. The van der Waals surface area contributed by atoms with Gasteiger partial charge in [-0.15, -0.1) is 11.3 Å². The first-order valence-corrected chi connectivity index (χ1v) is 14.0. The first kappa shape index (κ1) is 24.7. The van der Waals surface area contributed by atoms with E-state index in [2.05, 4.69) is 56.5 Å². The molecule has 5 N–H and O–H groups in total. The first-order chi connectivity index (χ1) is 17.4. The molecular weight excluding hydrogens is 474 g/mol. The number of aromatic nitrogens is 5. The zero-order valence-electron chi connectivity index (χ0n) is 21.3. The van der Waals surface area contributed by atoms with Crippen molar-refractivity contribution in [1.82, 2.24) is 24.5 Å². The van der Waals surface area contributed by atoms with Crippen LogP contribution < -0.4 is 16.4 Å². The molecular formula is C25H37N9OS. The number of fused-ring (bicyclic) bond motifs is 1. The van der Waals surface area contributed by atoms with E-state index < -0.39 is 0 Å². The lowest BCUT2D eigenvalue weighted by molar-refractivity contribution is 0.267. The van der Waals surface area contributed by atoms with E-state index in [1.54, 1.807) is 11.3 Å². The highest BCUT2D eigenvalue weighted by molar-refractivity contribution is 7.07. The summed E-state index contributed by atoms with van der Waals surface area (Å²) in [5, 5.41) is 21.7. The van der Waals surface area contributed by atoms with Crippen LogP contribution in [0.4, 0.5) is 11.8 Å². The predicted octanol–water partition coefficient (Wildman–Crippen LogP) is 4.98. The van der Waals surface area contributed by atoms with Gasteiger partial charge in [0, 0.05) is 18.0 Å². The number of rotatable bonds is 9. The third kappa shape index (κ3) is 5.11. The molecule has 0 aliphatic heterocycles. The van der Waals surface area contributed by atoms with Gasteiger partial charge < -0.3 is 26.1 Å². The molecule has 0 spiro atoms. The van der Waals surface area contributed by atoms with Crippen LogP contribution >= 0.6 is 11.3 Å². The molecule has 11 heteroatoms. The van der Waals surface area contributed by atoms with Crippen molar-refractivity contribution in [2.24, 2.45) is 28.6 Å². The van der Waals surface area contributed by atoms with Crippen LogP contribution in [-0.2, 0) is 6.54 Å². The van der Waals surface area contributed by atoms with Crippen LogP contribution in [0.1, 0.15) is 83.3 Å². The predicted molar refractivity (Wildman–Crippen MR) is 144 cm³/mol. The second-order valence-corrected chi connectivity index (χ2v) is 11.3. The Kier molecular flexibility index (Phi) is 7.27. The van der Waals surface area contributed by atoms with Crippen LogP contribution in [0.5, 0.6) is 0 Å². The Balaban J connectivity index is 1.58. The zero-order chi connectivity index (χ0) is 25.2. The summed E-state index contributed by atoms with van der Waals surface area (Å²) in [6.07, 6.45) is 8.61. The fourth-order valence-electron chi connectivity index (χ4n) is 5.33. The Labute approximate surface area is 215 Å². The summed E-state index contributed by atoms with van der Waals surface area (Å²) in [7, 11) is 0. The fourth-order valence-corrected chi connectivity index (χ4v) is 5.98. The molecule has 10 nitrogen and oxygen atoms in total. The van der Waals surface area contributed by atoms with E-state index in [1.165, 1.54) is 44.9 Å². The van der Waals surface area contributed by atoms with Crippen LogP contribution in [0.25, 0.3) is 11.2 Å². The van der Waals surface area contributed by atoms with Gasteiger partial charge in [-0.2, -0.15) is 4.98 Å². The van der Waals surface area contributed by atoms with Crippen molar-refractivity contribution < 1.29 is 5.21 Å². The summed E-state index contributed by atoms with van der Waals surface area (Å²) in [6, 6.07) is 0.237. The number of anilines is 2. The van der Waals surface area contributed by atoms with E-state index in [9.17, 15) is 5.21 Å². The number of oxime groups is 1. The summed E-state index contributed by atoms with van der Waals surface area (Å²) in [6.45, 7) is 7.48. The number of nitrogens with two attached hydrogens (primary N) is 1. The monoisotopic (exact) mass is 511 g/mol. The van der Waals surface area contributed by atoms with Gasteiger partial charge in [0.25, 0.3) is 0 Å². The van der Waals surface area contributed by atoms with Gasteiger partial charge in [-0.1, -0.05) is 31.3 Å². The van der Waals surface area contributed by atoms with Gasteiger partial charge in [0.05, 0.1) is 17.2 Å². The summed E-state index contributed by atoms with van der Waals surface area (Å²) in [4.78, 5) is 18.7. The van der Waals surface area contributed by atoms with Gasteiger partial charge in [-0.05, 0) is 57.3 Å². The maximum Gasteiger partial charge on any atom is 0.208 e. The second-order valence-electron chi connectivity index (χ2n) is 10.6. The third-order valence-electron chi connectivity index (χ3n) is 7.98. The van der Waals surface area contributed by atoms with Gasteiger partial charge >= 0.3 is 0 Å². The van der Waals surface area contributed by atoms with Crippen molar-refractivity contribution in [3.05, 3.63) is 22.4 Å². The van der Waals surface area contributed by atoms with Crippen LogP contribution in [0.15, 0.2) is 16.0 Å². The number of nitrogens with one attached hydrogen (secondary N) is 2. The second kappa shape index (κ2) is 10.6. The Morgan fingerprint density at radius 1 is 1.17 bits per heavy atom. The van der Waals surface area contributed by atoms with Crippen molar-refractivity contribution in [3.8, 4) is 0 Å². The molecule has 3 heterocycles. The zero-order valence-corrected chi connectivity index (χ0v) is 22.1. The molecule has 0 saturated heterocycles. The molecule has 0 amide bonds. The molecule has 0 bridgehead atoms. The smallest absolute Gasteiger partial charge is 0.208 e. The summed E-state index contributed by atoms with van der Waals surface area (Å²) >= 11 is 1.58. The molecule has 2 fully saturated rings. The maximum atomic E-state index is 9.31. The summed E-state index contributed by atoms with van der Waals surface area (Å²) in [5.41, 5.74) is 10.1. The highest BCUT2D eigenvalue weighted by atomic mass is 32.1. The topological polar surface area (TPSA) is 139 Å². The van der Waals surface area contributed by atoms with E-state index in [-0.39, 0.29) is 23.7 Å². The van der Waals surface area contributed by atoms with E-state index in [4.69, 9.17) is 15.7 Å². The van der Waals surface area contributed by atoms with E-state index in [0.29, 0.717) is 23.3 Å². The SMILES string of the molecule is CC(Nc1nc2nc(/C(N)=N/O)nc(N[C@H](C)C3CCC3)c2n1C[C@H]1CC[C@H](C)CC1)c1cscn1. The lowest BCUT2D eigenvalue weighted by atomic mass is 9.80. The molecule has 1 unspecified atom stereocenters. The molecule has 2 saturated carbocycles. The Hall–Kier alpha value is -2.95. The highest BCUT2D eigenvalue weighted by Gasteiger charge is 2.28. The quantitative estimate of drug-likeness (QED) is 0.137. The highest BCUT2D eigenvalue weighted by Crippen LogP contribution is 2.35. The van der Waals surface area contributed by atoms with E-state index in [1.807, 2.05) is 5.51 Å². The number of thiazole rings is 1.